The van der Waals surface area contributed by atoms with Gasteiger partial charge in [0.25, 0.3) is 0 Å². The molecule has 0 aliphatic carbocycles. The van der Waals surface area contributed by atoms with Gasteiger partial charge in [-0.25, -0.2) is 0 Å². The van der Waals surface area contributed by atoms with Crippen molar-refractivity contribution in [3.05, 3.63) is 0 Å². The van der Waals surface area contributed by atoms with Crippen molar-refractivity contribution >= 4 is 5.91 Å². The van der Waals surface area contributed by atoms with Crippen LogP contribution in [0.4, 0.5) is 0 Å². The van der Waals surface area contributed by atoms with Gasteiger partial charge in [-0.3, -0.25) is 4.79 Å². The summed E-state index contributed by atoms with van der Waals surface area (Å²) in [6, 6.07) is -0.582. The minimum atomic E-state index is -0.606. The van der Waals surface area contributed by atoms with E-state index in [0.29, 0.717) is 6.61 Å². The average Bonchev–Trinajstić information content (AvgIpc) is 2.17. The number of carbonyl (C=O) groups excluding carboxylic acids is 1. The highest BCUT2D eigenvalue weighted by Crippen LogP contribution is 1.92. The van der Waals surface area contributed by atoms with Crippen molar-refractivity contribution in [2.75, 3.05) is 27.4 Å². The third-order valence-corrected chi connectivity index (χ3v) is 1.89. The molecule has 0 saturated heterocycles. The molecule has 0 radical (unpaired) electrons. The Morgan fingerprint density at radius 2 is 1.93 bits per heavy atom. The summed E-state index contributed by atoms with van der Waals surface area (Å²) in [6.45, 7) is 2.71. The van der Waals surface area contributed by atoms with Crippen molar-refractivity contribution in [3.63, 3.8) is 0 Å². The summed E-state index contributed by atoms with van der Waals surface area (Å²) in [5, 5.41) is 2.78. The van der Waals surface area contributed by atoms with Crippen LogP contribution in [0.2, 0.25) is 0 Å². The molecule has 0 spiro atoms. The third-order valence-electron chi connectivity index (χ3n) is 1.89. The molecule has 2 atom stereocenters. The molecule has 0 heterocycles. The first kappa shape index (κ1) is 13.4. The predicted molar refractivity (Wildman–Crippen MR) is 53.9 cm³/mol. The van der Waals surface area contributed by atoms with Crippen molar-refractivity contribution in [2.24, 2.45) is 5.73 Å². The predicted octanol–water partition coefficient (Wildman–Crippen LogP) is -0.499. The molecular weight excluding hydrogens is 184 g/mol. The van der Waals surface area contributed by atoms with Crippen LogP contribution in [-0.4, -0.2) is 45.4 Å². The minimum Gasteiger partial charge on any atom is -0.383 e. The molecule has 84 valence electrons. The number of carbonyl (C=O) groups is 1. The van der Waals surface area contributed by atoms with Gasteiger partial charge in [0.05, 0.1) is 19.3 Å². The van der Waals surface area contributed by atoms with Crippen LogP contribution in [0.1, 0.15) is 13.3 Å². The summed E-state index contributed by atoms with van der Waals surface area (Å²) in [5.74, 6) is -0.198. The first-order valence-corrected chi connectivity index (χ1v) is 4.69. The van der Waals surface area contributed by atoms with Gasteiger partial charge in [-0.1, -0.05) is 6.92 Å². The summed E-state index contributed by atoms with van der Waals surface area (Å²) in [6.07, 6.45) is 0.819. The molecule has 0 aliphatic heterocycles. The SMILES string of the molecule is CCC(COC)NC(=O)C(N)COC. The summed E-state index contributed by atoms with van der Waals surface area (Å²) in [4.78, 5) is 11.4. The lowest BCUT2D eigenvalue weighted by atomic mass is 10.2. The highest BCUT2D eigenvalue weighted by Gasteiger charge is 2.16. The molecule has 5 heteroatoms. The quantitative estimate of drug-likeness (QED) is 0.586. The number of rotatable bonds is 7. The van der Waals surface area contributed by atoms with Gasteiger partial charge in [0.1, 0.15) is 6.04 Å². The maximum absolute atomic E-state index is 11.4. The van der Waals surface area contributed by atoms with Gasteiger partial charge < -0.3 is 20.5 Å². The molecule has 0 aliphatic rings. The Balaban J connectivity index is 3.88. The number of hydrogen-bond acceptors (Lipinski definition) is 4. The normalized spacial score (nSPS) is 14.9. The van der Waals surface area contributed by atoms with Crippen molar-refractivity contribution in [1.82, 2.24) is 5.32 Å². The molecule has 0 aromatic carbocycles. The largest absolute Gasteiger partial charge is 0.383 e. The Bertz CT molecular complexity index is 164. The van der Waals surface area contributed by atoms with Gasteiger partial charge in [0.2, 0.25) is 5.91 Å². The van der Waals surface area contributed by atoms with Crippen LogP contribution in [0.15, 0.2) is 0 Å². The first-order valence-electron chi connectivity index (χ1n) is 4.69. The maximum Gasteiger partial charge on any atom is 0.239 e. The zero-order chi connectivity index (χ0) is 11.0. The van der Waals surface area contributed by atoms with Crippen LogP contribution in [0.25, 0.3) is 0 Å². The van der Waals surface area contributed by atoms with Crippen molar-refractivity contribution in [3.8, 4) is 0 Å². The van der Waals surface area contributed by atoms with Gasteiger partial charge >= 0.3 is 0 Å². The van der Waals surface area contributed by atoms with Crippen molar-refractivity contribution < 1.29 is 14.3 Å². The maximum atomic E-state index is 11.4. The standard InChI is InChI=1S/C9H20N2O3/c1-4-7(5-13-2)11-9(12)8(10)6-14-3/h7-8H,4-6,10H2,1-3H3,(H,11,12). The van der Waals surface area contributed by atoms with E-state index < -0.39 is 6.04 Å². The van der Waals surface area contributed by atoms with E-state index in [1.54, 1.807) is 7.11 Å². The Labute approximate surface area is 84.9 Å². The van der Waals surface area contributed by atoms with E-state index >= 15 is 0 Å². The fourth-order valence-corrected chi connectivity index (χ4v) is 1.03. The third kappa shape index (κ3) is 5.16. The lowest BCUT2D eigenvalue weighted by molar-refractivity contribution is -0.124. The lowest BCUT2D eigenvalue weighted by Gasteiger charge is -2.18. The molecule has 0 bridgehead atoms. The molecular formula is C9H20N2O3. The summed E-state index contributed by atoms with van der Waals surface area (Å²) in [7, 11) is 3.11. The van der Waals surface area contributed by atoms with Crippen LogP contribution in [0.3, 0.4) is 0 Å². The molecule has 0 aromatic rings. The van der Waals surface area contributed by atoms with E-state index in [2.05, 4.69) is 5.32 Å². The Kier molecular flexibility index (Phi) is 7.37. The van der Waals surface area contributed by atoms with Crippen molar-refractivity contribution in [1.29, 1.82) is 0 Å². The summed E-state index contributed by atoms with van der Waals surface area (Å²) in [5.41, 5.74) is 5.55. The number of nitrogens with two attached hydrogens (primary N) is 1. The minimum absolute atomic E-state index is 0.0235. The van der Waals surface area contributed by atoms with E-state index in [-0.39, 0.29) is 18.6 Å². The Hall–Kier alpha value is -0.650. The van der Waals surface area contributed by atoms with Gasteiger partial charge in [-0.15, -0.1) is 0 Å². The molecule has 14 heavy (non-hydrogen) atoms. The fraction of sp³-hybridized carbons (Fsp3) is 0.889. The van der Waals surface area contributed by atoms with E-state index in [0.717, 1.165) is 6.42 Å². The molecule has 2 unspecified atom stereocenters. The van der Waals surface area contributed by atoms with Gasteiger partial charge in [0, 0.05) is 14.2 Å². The van der Waals surface area contributed by atoms with Crippen LogP contribution < -0.4 is 11.1 Å². The number of hydrogen-bond donors (Lipinski definition) is 2. The Morgan fingerprint density at radius 1 is 1.36 bits per heavy atom. The Morgan fingerprint density at radius 3 is 2.36 bits per heavy atom. The second kappa shape index (κ2) is 7.73. The second-order valence-corrected chi connectivity index (χ2v) is 3.13. The lowest BCUT2D eigenvalue weighted by Crippen LogP contribution is -2.48. The van der Waals surface area contributed by atoms with E-state index in [1.165, 1.54) is 7.11 Å². The first-order chi connectivity index (χ1) is 6.65. The van der Waals surface area contributed by atoms with Gasteiger partial charge in [-0.2, -0.15) is 0 Å². The number of ether oxygens (including phenoxy) is 2. The highest BCUT2D eigenvalue weighted by molar-refractivity contribution is 5.81. The van der Waals surface area contributed by atoms with E-state index in [4.69, 9.17) is 15.2 Å². The molecule has 1 amide bonds. The zero-order valence-corrected chi connectivity index (χ0v) is 9.08. The van der Waals surface area contributed by atoms with Crippen LogP contribution >= 0.6 is 0 Å². The molecule has 0 saturated carbocycles. The van der Waals surface area contributed by atoms with Gasteiger partial charge in [-0.05, 0) is 6.42 Å². The monoisotopic (exact) mass is 204 g/mol. The molecule has 0 rings (SSSR count). The van der Waals surface area contributed by atoms with Crippen LogP contribution in [-0.2, 0) is 14.3 Å². The second-order valence-electron chi connectivity index (χ2n) is 3.13. The average molecular weight is 204 g/mol. The number of amides is 1. The van der Waals surface area contributed by atoms with Gasteiger partial charge in [0.15, 0.2) is 0 Å². The summed E-state index contributed by atoms with van der Waals surface area (Å²) < 4.78 is 9.73. The molecule has 0 aromatic heterocycles. The van der Waals surface area contributed by atoms with E-state index in [9.17, 15) is 4.79 Å². The molecule has 3 N–H and O–H groups in total. The van der Waals surface area contributed by atoms with E-state index in [1.807, 2.05) is 6.92 Å². The highest BCUT2D eigenvalue weighted by atomic mass is 16.5. The molecule has 5 nitrogen and oxygen atoms in total. The summed E-state index contributed by atoms with van der Waals surface area (Å²) >= 11 is 0. The molecule has 0 fully saturated rings. The number of methoxy groups -OCH3 is 2. The zero-order valence-electron chi connectivity index (χ0n) is 9.08. The van der Waals surface area contributed by atoms with Crippen LogP contribution in [0, 0.1) is 0 Å². The fourth-order valence-electron chi connectivity index (χ4n) is 1.03. The van der Waals surface area contributed by atoms with Crippen molar-refractivity contribution in [2.45, 2.75) is 25.4 Å². The number of nitrogens with one attached hydrogen (secondary N) is 1. The van der Waals surface area contributed by atoms with Crippen LogP contribution in [0.5, 0.6) is 0 Å². The smallest absolute Gasteiger partial charge is 0.239 e. The topological polar surface area (TPSA) is 73.6 Å².